The summed E-state index contributed by atoms with van der Waals surface area (Å²) in [7, 11) is 0. The van der Waals surface area contributed by atoms with Gasteiger partial charge in [-0.05, 0) is 27.7 Å². The highest BCUT2D eigenvalue weighted by Gasteiger charge is 2.45. The van der Waals surface area contributed by atoms with E-state index in [0.29, 0.717) is 32.7 Å². The first kappa shape index (κ1) is 19.1. The first-order valence-corrected chi connectivity index (χ1v) is 9.78. The highest BCUT2D eigenvalue weighted by Crippen LogP contribution is 2.36. The molecule has 2 saturated heterocycles. The molecule has 0 aromatic carbocycles. The molecule has 1 spiro atoms. The van der Waals surface area contributed by atoms with Gasteiger partial charge in [-0.25, -0.2) is 0 Å². The number of carbonyl (C=O) groups excluding carboxylic acids is 1. The number of carbonyl (C=O) groups is 1. The number of aryl methyl sites for hydroxylation is 4. The largest absolute Gasteiger partial charge is 0.379 e. The van der Waals surface area contributed by atoms with Crippen LogP contribution < -0.4 is 0 Å². The van der Waals surface area contributed by atoms with E-state index in [1.807, 2.05) is 32.6 Å². The lowest BCUT2D eigenvalue weighted by atomic mass is 9.87. The lowest BCUT2D eigenvalue weighted by Crippen LogP contribution is -2.40. The average molecular weight is 388 g/mol. The molecule has 28 heavy (non-hydrogen) atoms. The number of aromatic nitrogens is 2. The molecule has 152 valence electrons. The zero-order chi connectivity index (χ0) is 19.9. The van der Waals surface area contributed by atoms with Crippen molar-refractivity contribution in [1.29, 1.82) is 0 Å². The molecule has 2 fully saturated rings. The van der Waals surface area contributed by atoms with Crippen molar-refractivity contribution < 1.29 is 18.6 Å². The standard InChI is InChI=1S/C20H28N4O4/c1-13-17(15(3)27-21-13)8-23-5-6-26-12-20(10-23)7-19(25)24(11-20)9-18-14(2)22-28-16(18)4/h5-12H2,1-4H3. The molecule has 1 atom stereocenters. The van der Waals surface area contributed by atoms with Crippen molar-refractivity contribution in [2.24, 2.45) is 5.41 Å². The second kappa shape index (κ2) is 7.33. The summed E-state index contributed by atoms with van der Waals surface area (Å²) in [5, 5.41) is 8.08. The molecule has 2 aliphatic rings. The summed E-state index contributed by atoms with van der Waals surface area (Å²) in [5.74, 6) is 1.81. The maximum absolute atomic E-state index is 12.8. The minimum atomic E-state index is -0.189. The molecule has 2 aromatic heterocycles. The van der Waals surface area contributed by atoms with Crippen molar-refractivity contribution in [2.45, 2.75) is 47.2 Å². The van der Waals surface area contributed by atoms with Crippen molar-refractivity contribution in [2.75, 3.05) is 32.8 Å². The smallest absolute Gasteiger partial charge is 0.223 e. The molecule has 2 aromatic rings. The van der Waals surface area contributed by atoms with E-state index in [1.54, 1.807) is 0 Å². The molecule has 8 heteroatoms. The number of nitrogens with zero attached hydrogens (tertiary/aromatic N) is 4. The van der Waals surface area contributed by atoms with Crippen molar-refractivity contribution >= 4 is 5.91 Å². The quantitative estimate of drug-likeness (QED) is 0.793. The van der Waals surface area contributed by atoms with Crippen LogP contribution in [0.5, 0.6) is 0 Å². The third-order valence-corrected chi connectivity index (χ3v) is 6.02. The van der Waals surface area contributed by atoms with Crippen LogP contribution in [0.2, 0.25) is 0 Å². The third-order valence-electron chi connectivity index (χ3n) is 6.02. The molecule has 4 rings (SSSR count). The van der Waals surface area contributed by atoms with Crippen molar-refractivity contribution in [3.8, 4) is 0 Å². The monoisotopic (exact) mass is 388 g/mol. The minimum Gasteiger partial charge on any atom is -0.379 e. The van der Waals surface area contributed by atoms with Gasteiger partial charge >= 0.3 is 0 Å². The molecule has 8 nitrogen and oxygen atoms in total. The van der Waals surface area contributed by atoms with Gasteiger partial charge < -0.3 is 18.7 Å². The van der Waals surface area contributed by atoms with E-state index in [-0.39, 0.29) is 11.3 Å². The van der Waals surface area contributed by atoms with Crippen LogP contribution in [0, 0.1) is 33.1 Å². The minimum absolute atomic E-state index is 0.169. The predicted octanol–water partition coefficient (Wildman–Crippen LogP) is 2.15. The molecule has 4 heterocycles. The second-order valence-corrected chi connectivity index (χ2v) is 8.30. The van der Waals surface area contributed by atoms with Gasteiger partial charge in [-0.15, -0.1) is 0 Å². The van der Waals surface area contributed by atoms with Gasteiger partial charge in [0, 0.05) is 49.1 Å². The number of rotatable bonds is 4. The SMILES string of the molecule is Cc1noc(C)c1CN1CCOCC2(CC(=O)N(Cc3c(C)noc3C)C2)C1. The van der Waals surface area contributed by atoms with Gasteiger partial charge in [-0.2, -0.15) is 0 Å². The van der Waals surface area contributed by atoms with Crippen molar-refractivity contribution in [1.82, 2.24) is 20.1 Å². The van der Waals surface area contributed by atoms with E-state index in [0.717, 1.165) is 53.7 Å². The predicted molar refractivity (Wildman–Crippen MR) is 101 cm³/mol. The topological polar surface area (TPSA) is 84.8 Å². The number of ether oxygens (including phenoxy) is 1. The Balaban J connectivity index is 1.49. The Bertz CT molecular complexity index is 835. The summed E-state index contributed by atoms with van der Waals surface area (Å²) in [4.78, 5) is 17.1. The molecule has 0 aliphatic carbocycles. The highest BCUT2D eigenvalue weighted by molar-refractivity contribution is 5.79. The Labute approximate surface area is 164 Å². The fraction of sp³-hybridized carbons (Fsp3) is 0.650. The van der Waals surface area contributed by atoms with Crippen molar-refractivity contribution in [3.05, 3.63) is 34.0 Å². The summed E-state index contributed by atoms with van der Waals surface area (Å²) in [6, 6.07) is 0. The molecule has 2 aliphatic heterocycles. The normalized spacial score (nSPS) is 23.7. The van der Waals surface area contributed by atoms with Gasteiger partial charge in [0.05, 0.1) is 31.1 Å². The van der Waals surface area contributed by atoms with Gasteiger partial charge in [-0.3, -0.25) is 9.69 Å². The van der Waals surface area contributed by atoms with Gasteiger partial charge in [0.15, 0.2) is 0 Å². The summed E-state index contributed by atoms with van der Waals surface area (Å²) in [5.41, 5.74) is 3.73. The van der Waals surface area contributed by atoms with E-state index in [1.165, 1.54) is 0 Å². The number of likely N-dealkylation sites (tertiary alicyclic amines) is 1. The van der Waals surface area contributed by atoms with Crippen LogP contribution in [0.4, 0.5) is 0 Å². The van der Waals surface area contributed by atoms with Crippen LogP contribution in [0.15, 0.2) is 9.05 Å². The summed E-state index contributed by atoms with van der Waals surface area (Å²) < 4.78 is 16.5. The lowest BCUT2D eigenvalue weighted by Gasteiger charge is -2.31. The lowest BCUT2D eigenvalue weighted by molar-refractivity contribution is -0.128. The Morgan fingerprint density at radius 2 is 1.61 bits per heavy atom. The maximum atomic E-state index is 12.8. The molecule has 1 amide bonds. The molecule has 1 unspecified atom stereocenters. The van der Waals surface area contributed by atoms with Crippen LogP contribution in [-0.2, 0) is 22.6 Å². The summed E-state index contributed by atoms with van der Waals surface area (Å²) in [6.07, 6.45) is 0.508. The maximum Gasteiger partial charge on any atom is 0.223 e. The van der Waals surface area contributed by atoms with E-state index < -0.39 is 0 Å². The fourth-order valence-electron chi connectivity index (χ4n) is 4.41. The fourth-order valence-corrected chi connectivity index (χ4v) is 4.41. The molecule has 0 saturated carbocycles. The Morgan fingerprint density at radius 1 is 0.964 bits per heavy atom. The van der Waals surface area contributed by atoms with Crippen LogP contribution in [0.25, 0.3) is 0 Å². The number of hydrogen-bond donors (Lipinski definition) is 0. The first-order valence-electron chi connectivity index (χ1n) is 9.78. The zero-order valence-electron chi connectivity index (χ0n) is 17.1. The average Bonchev–Trinajstić information content (AvgIpc) is 3.18. The van der Waals surface area contributed by atoms with E-state index in [9.17, 15) is 4.79 Å². The Kier molecular flexibility index (Phi) is 5.01. The van der Waals surface area contributed by atoms with Crippen molar-refractivity contribution in [3.63, 3.8) is 0 Å². The zero-order valence-corrected chi connectivity index (χ0v) is 17.1. The van der Waals surface area contributed by atoms with Gasteiger partial charge in [0.25, 0.3) is 0 Å². The van der Waals surface area contributed by atoms with Crippen LogP contribution in [0.1, 0.15) is 40.5 Å². The molecule has 0 N–H and O–H groups in total. The number of amides is 1. The summed E-state index contributed by atoms with van der Waals surface area (Å²) in [6.45, 7) is 12.7. The van der Waals surface area contributed by atoms with Crippen LogP contribution >= 0.6 is 0 Å². The second-order valence-electron chi connectivity index (χ2n) is 8.30. The van der Waals surface area contributed by atoms with Crippen LogP contribution in [-0.4, -0.2) is 58.9 Å². The molecule has 0 bridgehead atoms. The molecular weight excluding hydrogens is 360 g/mol. The van der Waals surface area contributed by atoms with Gasteiger partial charge in [0.2, 0.25) is 5.91 Å². The highest BCUT2D eigenvalue weighted by atomic mass is 16.5. The summed E-state index contributed by atoms with van der Waals surface area (Å²) >= 11 is 0. The third kappa shape index (κ3) is 3.58. The van der Waals surface area contributed by atoms with E-state index in [4.69, 9.17) is 13.8 Å². The molecular formula is C20H28N4O4. The number of hydrogen-bond acceptors (Lipinski definition) is 7. The van der Waals surface area contributed by atoms with Gasteiger partial charge in [-0.1, -0.05) is 10.3 Å². The Hall–Kier alpha value is -2.19. The van der Waals surface area contributed by atoms with E-state index >= 15 is 0 Å². The molecule has 0 radical (unpaired) electrons. The Morgan fingerprint density at radius 3 is 2.21 bits per heavy atom. The first-order chi connectivity index (χ1) is 13.4. The van der Waals surface area contributed by atoms with E-state index in [2.05, 4.69) is 15.2 Å². The van der Waals surface area contributed by atoms with Gasteiger partial charge in [0.1, 0.15) is 11.5 Å². The van der Waals surface area contributed by atoms with Crippen LogP contribution in [0.3, 0.4) is 0 Å².